The Morgan fingerprint density at radius 2 is 2.06 bits per heavy atom. The van der Waals surface area contributed by atoms with Gasteiger partial charge in [-0.3, -0.25) is 4.79 Å². The summed E-state index contributed by atoms with van der Waals surface area (Å²) in [5.74, 6) is -0.137. The van der Waals surface area contributed by atoms with Crippen LogP contribution in [-0.2, 0) is 0 Å². The fraction of sp³-hybridized carbons (Fsp3) is 0.385. The SMILES string of the molecule is Cc1ccc(C(=O)N(C)C(C)C(N)=NO)c(C)c1. The normalized spacial score (nSPS) is 13.2. The molecule has 0 aliphatic carbocycles. The molecule has 1 rings (SSSR count). The van der Waals surface area contributed by atoms with E-state index in [9.17, 15) is 4.79 Å². The van der Waals surface area contributed by atoms with Gasteiger partial charge in [0.25, 0.3) is 5.91 Å². The van der Waals surface area contributed by atoms with Gasteiger partial charge in [-0.15, -0.1) is 0 Å². The van der Waals surface area contributed by atoms with Gasteiger partial charge in [-0.1, -0.05) is 22.9 Å². The Hall–Kier alpha value is -2.04. The van der Waals surface area contributed by atoms with Crippen molar-refractivity contribution in [1.29, 1.82) is 0 Å². The number of nitrogens with two attached hydrogens (primary N) is 1. The molecule has 18 heavy (non-hydrogen) atoms. The van der Waals surface area contributed by atoms with E-state index in [1.807, 2.05) is 26.0 Å². The van der Waals surface area contributed by atoms with Crippen LogP contribution in [0.1, 0.15) is 28.4 Å². The predicted octanol–water partition coefficient (Wildman–Crippen LogP) is 1.51. The second-order valence-corrected chi connectivity index (χ2v) is 4.44. The van der Waals surface area contributed by atoms with Crippen molar-refractivity contribution in [2.75, 3.05) is 7.05 Å². The third-order valence-corrected chi connectivity index (χ3v) is 3.06. The van der Waals surface area contributed by atoms with Crippen LogP contribution in [-0.4, -0.2) is 34.9 Å². The van der Waals surface area contributed by atoms with Crippen LogP contribution in [0.2, 0.25) is 0 Å². The van der Waals surface area contributed by atoms with Crippen molar-refractivity contribution in [2.45, 2.75) is 26.8 Å². The number of rotatable bonds is 3. The molecule has 0 saturated heterocycles. The second kappa shape index (κ2) is 5.53. The van der Waals surface area contributed by atoms with Crippen LogP contribution < -0.4 is 5.73 Å². The molecule has 1 aromatic carbocycles. The summed E-state index contributed by atoms with van der Waals surface area (Å²) < 4.78 is 0. The second-order valence-electron chi connectivity index (χ2n) is 4.44. The molecule has 5 heteroatoms. The Morgan fingerprint density at radius 3 is 2.56 bits per heavy atom. The Labute approximate surface area is 107 Å². The molecule has 5 nitrogen and oxygen atoms in total. The molecule has 1 atom stereocenters. The first-order valence-corrected chi connectivity index (χ1v) is 5.70. The van der Waals surface area contributed by atoms with Gasteiger partial charge in [0.1, 0.15) is 0 Å². The first kappa shape index (κ1) is 14.0. The van der Waals surface area contributed by atoms with Crippen LogP contribution in [0.25, 0.3) is 0 Å². The molecule has 0 saturated carbocycles. The number of aryl methyl sites for hydroxylation is 2. The number of hydrogen-bond acceptors (Lipinski definition) is 3. The summed E-state index contributed by atoms with van der Waals surface area (Å²) in [5.41, 5.74) is 8.15. The number of amides is 1. The topological polar surface area (TPSA) is 78.9 Å². The standard InChI is InChI=1S/C13H19N3O2/c1-8-5-6-11(9(2)7-8)13(17)16(4)10(3)12(14)15-18/h5-7,10,18H,1-4H3,(H2,14,15). The lowest BCUT2D eigenvalue weighted by Crippen LogP contribution is -2.44. The summed E-state index contributed by atoms with van der Waals surface area (Å²) in [4.78, 5) is 13.7. The fourth-order valence-corrected chi connectivity index (χ4v) is 1.70. The Balaban J connectivity index is 3.00. The van der Waals surface area contributed by atoms with Crippen molar-refractivity contribution in [1.82, 2.24) is 4.90 Å². The lowest BCUT2D eigenvalue weighted by Gasteiger charge is -2.24. The lowest BCUT2D eigenvalue weighted by molar-refractivity contribution is 0.0775. The maximum atomic E-state index is 12.3. The van der Waals surface area contributed by atoms with Crippen LogP contribution in [0.15, 0.2) is 23.4 Å². The number of carbonyl (C=O) groups is 1. The monoisotopic (exact) mass is 249 g/mol. The zero-order chi connectivity index (χ0) is 13.9. The minimum Gasteiger partial charge on any atom is -0.409 e. The smallest absolute Gasteiger partial charge is 0.254 e. The van der Waals surface area contributed by atoms with Gasteiger partial charge in [-0.2, -0.15) is 0 Å². The summed E-state index contributed by atoms with van der Waals surface area (Å²) in [7, 11) is 1.63. The number of carbonyl (C=O) groups excluding carboxylic acids is 1. The van der Waals surface area contributed by atoms with Crippen molar-refractivity contribution >= 4 is 11.7 Å². The summed E-state index contributed by atoms with van der Waals surface area (Å²) in [6.07, 6.45) is 0. The molecule has 1 amide bonds. The number of oxime groups is 1. The minimum atomic E-state index is -0.455. The molecule has 0 aliphatic heterocycles. The van der Waals surface area contributed by atoms with E-state index in [2.05, 4.69) is 5.16 Å². The Bertz CT molecular complexity index is 483. The number of likely N-dealkylation sites (N-methyl/N-ethyl adjacent to an activating group) is 1. The van der Waals surface area contributed by atoms with E-state index in [4.69, 9.17) is 10.9 Å². The van der Waals surface area contributed by atoms with Gasteiger partial charge in [0.2, 0.25) is 0 Å². The molecular formula is C13H19N3O2. The average Bonchev–Trinajstić information content (AvgIpc) is 2.35. The molecule has 0 radical (unpaired) electrons. The van der Waals surface area contributed by atoms with Crippen molar-refractivity contribution in [3.8, 4) is 0 Å². The van der Waals surface area contributed by atoms with Crippen molar-refractivity contribution in [3.63, 3.8) is 0 Å². The van der Waals surface area contributed by atoms with E-state index >= 15 is 0 Å². The highest BCUT2D eigenvalue weighted by molar-refractivity contribution is 5.99. The molecule has 0 heterocycles. The largest absolute Gasteiger partial charge is 0.409 e. The predicted molar refractivity (Wildman–Crippen MR) is 70.9 cm³/mol. The van der Waals surface area contributed by atoms with Gasteiger partial charge in [0.05, 0.1) is 6.04 Å². The molecule has 0 aromatic heterocycles. The fourth-order valence-electron chi connectivity index (χ4n) is 1.70. The first-order valence-electron chi connectivity index (χ1n) is 5.70. The van der Waals surface area contributed by atoms with E-state index in [1.165, 1.54) is 4.90 Å². The first-order chi connectivity index (χ1) is 8.38. The Kier molecular flexibility index (Phi) is 4.31. The van der Waals surface area contributed by atoms with Crippen molar-refractivity contribution in [3.05, 3.63) is 34.9 Å². The molecule has 0 bridgehead atoms. The van der Waals surface area contributed by atoms with Gasteiger partial charge in [0, 0.05) is 12.6 Å². The molecule has 0 fully saturated rings. The highest BCUT2D eigenvalue weighted by atomic mass is 16.4. The van der Waals surface area contributed by atoms with Crippen molar-refractivity contribution < 1.29 is 10.0 Å². The molecular weight excluding hydrogens is 230 g/mol. The molecule has 1 aromatic rings. The number of nitrogens with zero attached hydrogens (tertiary/aromatic N) is 2. The van der Waals surface area contributed by atoms with Gasteiger partial charge >= 0.3 is 0 Å². The molecule has 0 aliphatic rings. The lowest BCUT2D eigenvalue weighted by atomic mass is 10.0. The number of amidine groups is 1. The average molecular weight is 249 g/mol. The third kappa shape index (κ3) is 2.80. The summed E-state index contributed by atoms with van der Waals surface area (Å²) in [5, 5.41) is 11.5. The van der Waals surface area contributed by atoms with E-state index in [1.54, 1.807) is 20.0 Å². The zero-order valence-electron chi connectivity index (χ0n) is 11.1. The number of benzene rings is 1. The summed E-state index contributed by atoms with van der Waals surface area (Å²) in [6, 6.07) is 5.18. The molecule has 0 spiro atoms. The summed E-state index contributed by atoms with van der Waals surface area (Å²) in [6.45, 7) is 5.57. The maximum Gasteiger partial charge on any atom is 0.254 e. The molecule has 1 unspecified atom stereocenters. The minimum absolute atomic E-state index is 0.00983. The third-order valence-electron chi connectivity index (χ3n) is 3.06. The van der Waals surface area contributed by atoms with Gasteiger partial charge in [-0.25, -0.2) is 0 Å². The zero-order valence-corrected chi connectivity index (χ0v) is 11.1. The molecule has 98 valence electrons. The van der Waals surface area contributed by atoms with Gasteiger partial charge in [-0.05, 0) is 32.4 Å². The van der Waals surface area contributed by atoms with Crippen LogP contribution in [0.3, 0.4) is 0 Å². The quantitative estimate of drug-likeness (QED) is 0.369. The van der Waals surface area contributed by atoms with E-state index < -0.39 is 6.04 Å². The number of hydrogen-bond donors (Lipinski definition) is 2. The summed E-state index contributed by atoms with van der Waals surface area (Å²) >= 11 is 0. The van der Waals surface area contributed by atoms with Crippen LogP contribution >= 0.6 is 0 Å². The van der Waals surface area contributed by atoms with Gasteiger partial charge in [0.15, 0.2) is 5.84 Å². The van der Waals surface area contributed by atoms with Crippen LogP contribution in [0.5, 0.6) is 0 Å². The van der Waals surface area contributed by atoms with Crippen molar-refractivity contribution in [2.24, 2.45) is 10.9 Å². The highest BCUT2D eigenvalue weighted by Gasteiger charge is 2.21. The highest BCUT2D eigenvalue weighted by Crippen LogP contribution is 2.14. The maximum absolute atomic E-state index is 12.3. The van der Waals surface area contributed by atoms with Crippen LogP contribution in [0.4, 0.5) is 0 Å². The van der Waals surface area contributed by atoms with E-state index in [0.29, 0.717) is 5.56 Å². The van der Waals surface area contributed by atoms with Gasteiger partial charge < -0.3 is 15.8 Å². The molecule has 3 N–H and O–H groups in total. The Morgan fingerprint density at radius 1 is 1.44 bits per heavy atom. The van der Waals surface area contributed by atoms with Crippen LogP contribution in [0, 0.1) is 13.8 Å². The van der Waals surface area contributed by atoms with E-state index in [-0.39, 0.29) is 11.7 Å². The van der Waals surface area contributed by atoms with E-state index in [0.717, 1.165) is 11.1 Å².